The van der Waals surface area contributed by atoms with Gasteiger partial charge in [0.15, 0.2) is 0 Å². The Morgan fingerprint density at radius 2 is 1.91 bits per heavy atom. The van der Waals surface area contributed by atoms with Gasteiger partial charge in [-0.3, -0.25) is 9.48 Å². The van der Waals surface area contributed by atoms with E-state index >= 15 is 0 Å². The SMILES string of the molecule is O=C(NCCn1cc(-c2cncnc2)nn1)c1ccc(F)cc1. The third-order valence-electron chi connectivity index (χ3n) is 3.13. The minimum atomic E-state index is -0.374. The number of halogens is 1. The molecule has 0 spiro atoms. The number of amides is 1. The highest BCUT2D eigenvalue weighted by Gasteiger charge is 2.06. The van der Waals surface area contributed by atoms with Gasteiger partial charge in [0.25, 0.3) is 5.91 Å². The molecule has 1 N–H and O–H groups in total. The van der Waals surface area contributed by atoms with Crippen LogP contribution in [0.3, 0.4) is 0 Å². The van der Waals surface area contributed by atoms with Crippen LogP contribution in [0.2, 0.25) is 0 Å². The second-order valence-electron chi connectivity index (χ2n) is 4.76. The molecule has 23 heavy (non-hydrogen) atoms. The van der Waals surface area contributed by atoms with Crippen molar-refractivity contribution in [3.05, 3.63) is 60.6 Å². The number of aromatic nitrogens is 5. The van der Waals surface area contributed by atoms with Crippen molar-refractivity contribution in [1.82, 2.24) is 30.3 Å². The smallest absolute Gasteiger partial charge is 0.251 e. The van der Waals surface area contributed by atoms with Crippen molar-refractivity contribution in [2.24, 2.45) is 0 Å². The number of carbonyl (C=O) groups excluding carboxylic acids is 1. The van der Waals surface area contributed by atoms with Crippen LogP contribution in [0, 0.1) is 5.82 Å². The normalized spacial score (nSPS) is 10.5. The van der Waals surface area contributed by atoms with Gasteiger partial charge in [0.05, 0.1) is 12.7 Å². The monoisotopic (exact) mass is 312 g/mol. The van der Waals surface area contributed by atoms with Gasteiger partial charge in [-0.25, -0.2) is 14.4 Å². The van der Waals surface area contributed by atoms with Crippen molar-refractivity contribution in [1.29, 1.82) is 0 Å². The quantitative estimate of drug-likeness (QED) is 0.767. The lowest BCUT2D eigenvalue weighted by atomic mass is 10.2. The molecule has 0 saturated heterocycles. The summed E-state index contributed by atoms with van der Waals surface area (Å²) in [4.78, 5) is 19.7. The van der Waals surface area contributed by atoms with Crippen LogP contribution < -0.4 is 5.32 Å². The Labute approximate surface area is 131 Å². The van der Waals surface area contributed by atoms with Gasteiger partial charge >= 0.3 is 0 Å². The molecule has 0 saturated carbocycles. The van der Waals surface area contributed by atoms with Crippen LogP contribution in [0.15, 0.2) is 49.2 Å². The Morgan fingerprint density at radius 1 is 1.17 bits per heavy atom. The van der Waals surface area contributed by atoms with E-state index in [2.05, 4.69) is 25.6 Å². The molecule has 0 bridgehead atoms. The minimum Gasteiger partial charge on any atom is -0.350 e. The summed E-state index contributed by atoms with van der Waals surface area (Å²) in [6, 6.07) is 5.38. The van der Waals surface area contributed by atoms with Crippen molar-refractivity contribution in [3.8, 4) is 11.3 Å². The van der Waals surface area contributed by atoms with Gasteiger partial charge in [-0.2, -0.15) is 0 Å². The average Bonchev–Trinajstić information content (AvgIpc) is 3.05. The van der Waals surface area contributed by atoms with E-state index in [1.54, 1.807) is 23.3 Å². The number of carbonyl (C=O) groups is 1. The van der Waals surface area contributed by atoms with Crippen LogP contribution in [0.5, 0.6) is 0 Å². The largest absolute Gasteiger partial charge is 0.350 e. The van der Waals surface area contributed by atoms with E-state index < -0.39 is 0 Å². The Bertz CT molecular complexity index is 787. The molecule has 0 fully saturated rings. The maximum Gasteiger partial charge on any atom is 0.251 e. The second kappa shape index (κ2) is 6.73. The van der Waals surface area contributed by atoms with Crippen LogP contribution in [0.4, 0.5) is 4.39 Å². The van der Waals surface area contributed by atoms with Gasteiger partial charge in [-0.15, -0.1) is 5.10 Å². The van der Waals surface area contributed by atoms with Gasteiger partial charge in [-0.05, 0) is 24.3 Å². The summed E-state index contributed by atoms with van der Waals surface area (Å²) in [6.45, 7) is 0.845. The fourth-order valence-corrected chi connectivity index (χ4v) is 1.96. The number of hydrogen-bond acceptors (Lipinski definition) is 5. The third-order valence-corrected chi connectivity index (χ3v) is 3.13. The molecular weight excluding hydrogens is 299 g/mol. The zero-order chi connectivity index (χ0) is 16.1. The number of nitrogens with one attached hydrogen (secondary N) is 1. The van der Waals surface area contributed by atoms with E-state index in [1.165, 1.54) is 30.6 Å². The molecule has 3 rings (SSSR count). The predicted molar refractivity (Wildman–Crippen MR) is 79.8 cm³/mol. The molecule has 7 nitrogen and oxygen atoms in total. The molecule has 0 aliphatic carbocycles. The van der Waals surface area contributed by atoms with E-state index in [0.29, 0.717) is 24.3 Å². The Hall–Kier alpha value is -3.16. The van der Waals surface area contributed by atoms with E-state index in [9.17, 15) is 9.18 Å². The first kappa shape index (κ1) is 14.8. The van der Waals surface area contributed by atoms with Crippen LogP contribution >= 0.6 is 0 Å². The molecule has 0 radical (unpaired) electrons. The highest BCUT2D eigenvalue weighted by molar-refractivity contribution is 5.94. The first-order chi connectivity index (χ1) is 11.2. The summed E-state index contributed by atoms with van der Waals surface area (Å²) in [7, 11) is 0. The molecule has 1 aromatic carbocycles. The fraction of sp³-hybridized carbons (Fsp3) is 0.133. The van der Waals surface area contributed by atoms with Crippen molar-refractivity contribution >= 4 is 5.91 Å². The van der Waals surface area contributed by atoms with E-state index in [4.69, 9.17) is 0 Å². The molecule has 0 aliphatic rings. The van der Waals surface area contributed by atoms with E-state index in [1.807, 2.05) is 0 Å². The summed E-state index contributed by atoms with van der Waals surface area (Å²) >= 11 is 0. The molecule has 0 unspecified atom stereocenters. The van der Waals surface area contributed by atoms with Gasteiger partial charge in [0.2, 0.25) is 0 Å². The molecule has 116 valence electrons. The molecule has 8 heteroatoms. The first-order valence-corrected chi connectivity index (χ1v) is 6.91. The summed E-state index contributed by atoms with van der Waals surface area (Å²) in [5, 5.41) is 10.8. The molecule has 0 aliphatic heterocycles. The highest BCUT2D eigenvalue weighted by Crippen LogP contribution is 2.12. The van der Waals surface area contributed by atoms with Crippen molar-refractivity contribution in [2.75, 3.05) is 6.54 Å². The van der Waals surface area contributed by atoms with Gasteiger partial charge in [0.1, 0.15) is 17.8 Å². The Balaban J connectivity index is 1.54. The molecule has 0 atom stereocenters. The molecular formula is C15H13FN6O. The summed E-state index contributed by atoms with van der Waals surface area (Å²) < 4.78 is 14.4. The summed E-state index contributed by atoms with van der Waals surface area (Å²) in [5.74, 6) is -0.636. The zero-order valence-corrected chi connectivity index (χ0v) is 12.1. The lowest BCUT2D eigenvalue weighted by Gasteiger charge is -2.04. The average molecular weight is 312 g/mol. The summed E-state index contributed by atoms with van der Waals surface area (Å²) in [5.41, 5.74) is 1.84. The molecule has 2 heterocycles. The predicted octanol–water partition coefficient (Wildman–Crippen LogP) is 1.30. The van der Waals surface area contributed by atoms with Crippen LogP contribution in [0.1, 0.15) is 10.4 Å². The standard InChI is InChI=1S/C15H13FN6O/c16-13-3-1-11(2-4-13)15(23)19-5-6-22-9-14(20-21-22)12-7-17-10-18-8-12/h1-4,7-10H,5-6H2,(H,19,23). The highest BCUT2D eigenvalue weighted by atomic mass is 19.1. The number of rotatable bonds is 5. The van der Waals surface area contributed by atoms with E-state index in [-0.39, 0.29) is 11.7 Å². The third kappa shape index (κ3) is 3.73. The maximum atomic E-state index is 12.8. The van der Waals surface area contributed by atoms with Crippen LogP contribution in [-0.4, -0.2) is 37.4 Å². The second-order valence-corrected chi connectivity index (χ2v) is 4.76. The van der Waals surface area contributed by atoms with E-state index in [0.717, 1.165) is 5.56 Å². The van der Waals surface area contributed by atoms with Crippen molar-refractivity contribution in [2.45, 2.75) is 6.54 Å². The summed E-state index contributed by atoms with van der Waals surface area (Å²) in [6.07, 6.45) is 6.50. The number of nitrogens with zero attached hydrogens (tertiary/aromatic N) is 5. The maximum absolute atomic E-state index is 12.8. The van der Waals surface area contributed by atoms with Crippen molar-refractivity contribution in [3.63, 3.8) is 0 Å². The molecule has 2 aromatic heterocycles. The minimum absolute atomic E-state index is 0.262. The molecule has 1 amide bonds. The van der Waals surface area contributed by atoms with Gasteiger partial charge in [-0.1, -0.05) is 5.21 Å². The molecule has 3 aromatic rings. The van der Waals surface area contributed by atoms with Gasteiger partial charge < -0.3 is 5.32 Å². The van der Waals surface area contributed by atoms with Crippen LogP contribution in [-0.2, 0) is 6.54 Å². The Kier molecular flexibility index (Phi) is 4.32. The lowest BCUT2D eigenvalue weighted by Crippen LogP contribution is -2.27. The Morgan fingerprint density at radius 3 is 2.65 bits per heavy atom. The lowest BCUT2D eigenvalue weighted by molar-refractivity contribution is 0.0952. The number of benzene rings is 1. The number of hydrogen-bond donors (Lipinski definition) is 1. The first-order valence-electron chi connectivity index (χ1n) is 6.91. The van der Waals surface area contributed by atoms with Gasteiger partial charge in [0, 0.05) is 30.1 Å². The fourth-order valence-electron chi connectivity index (χ4n) is 1.96. The van der Waals surface area contributed by atoms with Crippen molar-refractivity contribution < 1.29 is 9.18 Å². The zero-order valence-electron chi connectivity index (χ0n) is 12.1. The van der Waals surface area contributed by atoms with Crippen LogP contribution in [0.25, 0.3) is 11.3 Å². The topological polar surface area (TPSA) is 85.6 Å².